The first-order valence-corrected chi connectivity index (χ1v) is 4.19. The molecule has 0 fully saturated rings. The lowest BCUT2D eigenvalue weighted by Gasteiger charge is -2.05. The van der Waals surface area contributed by atoms with E-state index in [2.05, 4.69) is 5.32 Å². The van der Waals surface area contributed by atoms with Crippen LogP contribution in [0.4, 0.5) is 14.5 Å². The van der Waals surface area contributed by atoms with Gasteiger partial charge in [0, 0.05) is 12.6 Å². The summed E-state index contributed by atoms with van der Waals surface area (Å²) >= 11 is 0. The van der Waals surface area contributed by atoms with Crippen molar-refractivity contribution in [3.05, 3.63) is 29.3 Å². The monoisotopic (exact) mass is 213 g/mol. The van der Waals surface area contributed by atoms with Gasteiger partial charge in [-0.15, -0.1) is 0 Å². The van der Waals surface area contributed by atoms with Crippen LogP contribution >= 0.6 is 0 Å². The van der Waals surface area contributed by atoms with Gasteiger partial charge in [0.15, 0.2) is 5.78 Å². The number of carbonyl (C=O) groups is 2. The van der Waals surface area contributed by atoms with E-state index in [0.29, 0.717) is 0 Å². The van der Waals surface area contributed by atoms with Crippen molar-refractivity contribution in [1.29, 1.82) is 0 Å². The Hall–Kier alpha value is -1.78. The van der Waals surface area contributed by atoms with Gasteiger partial charge in [0.2, 0.25) is 5.91 Å². The average Bonchev–Trinajstić information content (AvgIpc) is 1.99. The molecule has 0 aromatic heterocycles. The van der Waals surface area contributed by atoms with Crippen molar-refractivity contribution in [1.82, 2.24) is 0 Å². The van der Waals surface area contributed by atoms with Crippen molar-refractivity contribution in [2.45, 2.75) is 13.8 Å². The molecule has 15 heavy (non-hydrogen) atoms. The number of ketones is 1. The second-order valence-corrected chi connectivity index (χ2v) is 3.05. The molecule has 1 N–H and O–H groups in total. The van der Waals surface area contributed by atoms with Gasteiger partial charge >= 0.3 is 0 Å². The van der Waals surface area contributed by atoms with E-state index in [1.807, 2.05) is 0 Å². The van der Waals surface area contributed by atoms with Gasteiger partial charge in [0.1, 0.15) is 11.6 Å². The smallest absolute Gasteiger partial charge is 0.221 e. The highest BCUT2D eigenvalue weighted by Gasteiger charge is 2.15. The minimum atomic E-state index is -0.980. The lowest BCUT2D eigenvalue weighted by Crippen LogP contribution is -2.09. The Labute approximate surface area is 85.1 Å². The van der Waals surface area contributed by atoms with Gasteiger partial charge in [-0.3, -0.25) is 9.59 Å². The maximum Gasteiger partial charge on any atom is 0.221 e. The van der Waals surface area contributed by atoms with Crippen molar-refractivity contribution >= 4 is 17.4 Å². The summed E-state index contributed by atoms with van der Waals surface area (Å²) in [6.45, 7) is 2.29. The standard InChI is InChI=1S/C10H9F2NO2/c1-5(14)10-8(11)3-7(4-9(10)12)13-6(2)15/h3-4H,1-2H3,(H,13,15). The third-order valence-corrected chi connectivity index (χ3v) is 1.71. The molecule has 0 saturated carbocycles. The van der Waals surface area contributed by atoms with E-state index >= 15 is 0 Å². The van der Waals surface area contributed by atoms with Crippen LogP contribution < -0.4 is 5.32 Å². The molecule has 1 amide bonds. The molecule has 0 unspecified atom stereocenters. The van der Waals surface area contributed by atoms with E-state index in [9.17, 15) is 18.4 Å². The maximum absolute atomic E-state index is 13.2. The van der Waals surface area contributed by atoms with Crippen LogP contribution in [0.2, 0.25) is 0 Å². The predicted molar refractivity (Wildman–Crippen MR) is 50.7 cm³/mol. The number of anilines is 1. The van der Waals surface area contributed by atoms with E-state index in [4.69, 9.17) is 0 Å². The summed E-state index contributed by atoms with van der Waals surface area (Å²) in [7, 11) is 0. The van der Waals surface area contributed by atoms with Crippen molar-refractivity contribution in [2.24, 2.45) is 0 Å². The molecule has 0 bridgehead atoms. The highest BCUT2D eigenvalue weighted by Crippen LogP contribution is 2.19. The fourth-order valence-electron chi connectivity index (χ4n) is 1.18. The summed E-state index contributed by atoms with van der Waals surface area (Å²) in [5.74, 6) is -3.10. The fraction of sp³-hybridized carbons (Fsp3) is 0.200. The van der Waals surface area contributed by atoms with Gasteiger partial charge in [-0.1, -0.05) is 0 Å². The van der Waals surface area contributed by atoms with Crippen LogP contribution in [0, 0.1) is 11.6 Å². The van der Waals surface area contributed by atoms with Gasteiger partial charge in [0.25, 0.3) is 0 Å². The van der Waals surface area contributed by atoms with E-state index in [-0.39, 0.29) is 5.69 Å². The summed E-state index contributed by atoms with van der Waals surface area (Å²) in [5, 5.41) is 2.22. The van der Waals surface area contributed by atoms with Gasteiger partial charge in [-0.25, -0.2) is 8.78 Å². The Balaban J connectivity index is 3.19. The number of hydrogen-bond donors (Lipinski definition) is 1. The number of rotatable bonds is 2. The van der Waals surface area contributed by atoms with E-state index in [1.54, 1.807) is 0 Å². The molecular formula is C10H9F2NO2. The first-order chi connectivity index (χ1) is 6.91. The van der Waals surface area contributed by atoms with Crippen molar-refractivity contribution in [3.8, 4) is 0 Å². The SMILES string of the molecule is CC(=O)Nc1cc(F)c(C(C)=O)c(F)c1. The third kappa shape index (κ3) is 2.59. The topological polar surface area (TPSA) is 46.2 Å². The summed E-state index contributed by atoms with van der Waals surface area (Å²) in [4.78, 5) is 21.5. The molecular weight excluding hydrogens is 204 g/mol. The summed E-state index contributed by atoms with van der Waals surface area (Å²) in [6.07, 6.45) is 0. The van der Waals surface area contributed by atoms with Crippen LogP contribution in [0.3, 0.4) is 0 Å². The van der Waals surface area contributed by atoms with Crippen LogP contribution in [-0.4, -0.2) is 11.7 Å². The molecule has 0 spiro atoms. The first kappa shape index (κ1) is 11.3. The van der Waals surface area contributed by atoms with E-state index in [0.717, 1.165) is 19.1 Å². The van der Waals surface area contributed by atoms with Crippen LogP contribution in [-0.2, 0) is 4.79 Å². The first-order valence-electron chi connectivity index (χ1n) is 4.19. The second kappa shape index (κ2) is 4.16. The van der Waals surface area contributed by atoms with Crippen molar-refractivity contribution < 1.29 is 18.4 Å². The summed E-state index contributed by atoms with van der Waals surface area (Å²) in [5.41, 5.74) is -0.605. The van der Waals surface area contributed by atoms with Gasteiger partial charge in [-0.05, 0) is 19.1 Å². The van der Waals surface area contributed by atoms with E-state index < -0.39 is 28.9 Å². The minimum Gasteiger partial charge on any atom is -0.326 e. The number of carbonyl (C=O) groups excluding carboxylic acids is 2. The molecule has 0 radical (unpaired) electrons. The Bertz CT molecular complexity index is 406. The van der Waals surface area contributed by atoms with Gasteiger partial charge < -0.3 is 5.32 Å². The van der Waals surface area contributed by atoms with Crippen LogP contribution in [0.5, 0.6) is 0 Å². The molecule has 0 atom stereocenters. The fourth-order valence-corrected chi connectivity index (χ4v) is 1.18. The molecule has 1 aromatic carbocycles. The second-order valence-electron chi connectivity index (χ2n) is 3.05. The van der Waals surface area contributed by atoms with Crippen molar-refractivity contribution in [3.63, 3.8) is 0 Å². The number of amides is 1. The predicted octanol–water partition coefficient (Wildman–Crippen LogP) is 2.13. The molecule has 0 saturated heterocycles. The molecule has 0 aliphatic rings. The Kier molecular flexibility index (Phi) is 3.14. The maximum atomic E-state index is 13.2. The Morgan fingerprint density at radius 2 is 1.60 bits per heavy atom. The van der Waals surface area contributed by atoms with Crippen molar-refractivity contribution in [2.75, 3.05) is 5.32 Å². The number of nitrogens with one attached hydrogen (secondary N) is 1. The number of benzene rings is 1. The molecule has 3 nitrogen and oxygen atoms in total. The van der Waals surface area contributed by atoms with E-state index in [1.165, 1.54) is 6.92 Å². The zero-order valence-corrected chi connectivity index (χ0v) is 8.23. The van der Waals surface area contributed by atoms with Gasteiger partial charge in [0.05, 0.1) is 5.56 Å². The quantitative estimate of drug-likeness (QED) is 0.765. The zero-order chi connectivity index (χ0) is 11.6. The van der Waals surface area contributed by atoms with Gasteiger partial charge in [-0.2, -0.15) is 0 Å². The molecule has 0 aliphatic heterocycles. The lowest BCUT2D eigenvalue weighted by atomic mass is 10.1. The molecule has 0 aliphatic carbocycles. The number of halogens is 2. The Morgan fingerprint density at radius 1 is 1.13 bits per heavy atom. The number of Topliss-reactive ketones (excluding diaryl/α,β-unsaturated/α-hetero) is 1. The zero-order valence-electron chi connectivity index (χ0n) is 8.23. The Morgan fingerprint density at radius 3 is 1.93 bits per heavy atom. The average molecular weight is 213 g/mol. The summed E-state index contributed by atoms with van der Waals surface area (Å²) in [6, 6.07) is 1.81. The lowest BCUT2D eigenvalue weighted by molar-refractivity contribution is -0.114. The molecule has 0 heterocycles. The highest BCUT2D eigenvalue weighted by atomic mass is 19.1. The van der Waals surface area contributed by atoms with Crippen LogP contribution in [0.25, 0.3) is 0 Å². The molecule has 5 heteroatoms. The highest BCUT2D eigenvalue weighted by molar-refractivity contribution is 5.96. The third-order valence-electron chi connectivity index (χ3n) is 1.71. The summed E-state index contributed by atoms with van der Waals surface area (Å²) < 4.78 is 26.4. The van der Waals surface area contributed by atoms with Crippen LogP contribution in [0.1, 0.15) is 24.2 Å². The minimum absolute atomic E-state index is 0.0116. The molecule has 80 valence electrons. The number of hydrogen-bond acceptors (Lipinski definition) is 2. The van der Waals surface area contributed by atoms with Crippen LogP contribution in [0.15, 0.2) is 12.1 Å². The molecule has 1 aromatic rings. The normalized spacial score (nSPS) is 9.87. The molecule has 1 rings (SSSR count). The largest absolute Gasteiger partial charge is 0.326 e.